The van der Waals surface area contributed by atoms with Crippen molar-refractivity contribution in [3.05, 3.63) is 36.9 Å². The Hall–Kier alpha value is -2.43. The van der Waals surface area contributed by atoms with E-state index in [-0.39, 0.29) is 0 Å². The van der Waals surface area contributed by atoms with Gasteiger partial charge in [-0.15, -0.1) is 0 Å². The molecule has 0 aliphatic rings. The Balaban J connectivity index is 2.23. The Bertz CT molecular complexity index is 633. The van der Waals surface area contributed by atoms with Crippen molar-refractivity contribution in [2.75, 3.05) is 5.73 Å². The van der Waals surface area contributed by atoms with Crippen molar-refractivity contribution >= 4 is 16.9 Å². The van der Waals surface area contributed by atoms with Gasteiger partial charge in [-0.05, 0) is 18.2 Å². The molecule has 0 fully saturated rings. The predicted octanol–water partition coefficient (Wildman–Crippen LogP) is 1.87. The number of nitrogens with two attached hydrogens (primary N) is 1. The van der Waals surface area contributed by atoms with Gasteiger partial charge in [-0.3, -0.25) is 4.98 Å². The summed E-state index contributed by atoms with van der Waals surface area (Å²) in [5.41, 5.74) is 7.16. The Morgan fingerprint density at radius 1 is 1.12 bits per heavy atom. The van der Waals surface area contributed by atoms with Gasteiger partial charge in [0.25, 0.3) is 0 Å². The van der Waals surface area contributed by atoms with Gasteiger partial charge in [0, 0.05) is 18.0 Å². The van der Waals surface area contributed by atoms with Crippen LogP contribution in [0.1, 0.15) is 0 Å². The van der Waals surface area contributed by atoms with E-state index in [1.165, 1.54) is 6.33 Å². The average Bonchev–Trinajstić information content (AvgIpc) is 2.76. The van der Waals surface area contributed by atoms with E-state index in [9.17, 15) is 0 Å². The van der Waals surface area contributed by atoms with Gasteiger partial charge in [-0.1, -0.05) is 0 Å². The van der Waals surface area contributed by atoms with Crippen LogP contribution in [0.3, 0.4) is 0 Å². The fourth-order valence-electron chi connectivity index (χ4n) is 1.53. The zero-order valence-corrected chi connectivity index (χ0v) is 8.29. The normalized spacial score (nSPS) is 10.8. The lowest BCUT2D eigenvalue weighted by molar-refractivity contribution is 0.617. The fraction of sp³-hybridized carbons (Fsp3) is 0. The molecular formula is C11H8N4O. The van der Waals surface area contributed by atoms with Crippen LogP contribution in [0.2, 0.25) is 0 Å². The quantitative estimate of drug-likeness (QED) is 0.666. The molecule has 0 saturated heterocycles. The molecule has 3 rings (SSSR count). The molecule has 5 nitrogen and oxygen atoms in total. The zero-order valence-electron chi connectivity index (χ0n) is 8.29. The maximum Gasteiger partial charge on any atom is 0.231 e. The van der Waals surface area contributed by atoms with E-state index in [1.807, 2.05) is 18.2 Å². The molecule has 0 aliphatic heterocycles. The minimum atomic E-state index is 0.425. The minimum absolute atomic E-state index is 0.425. The second-order valence-corrected chi connectivity index (χ2v) is 3.32. The van der Waals surface area contributed by atoms with E-state index in [2.05, 4.69) is 15.0 Å². The summed E-state index contributed by atoms with van der Waals surface area (Å²) in [4.78, 5) is 11.9. The highest BCUT2D eigenvalue weighted by Gasteiger charge is 2.09. The summed E-state index contributed by atoms with van der Waals surface area (Å²) < 4.78 is 5.58. The van der Waals surface area contributed by atoms with Gasteiger partial charge in [-0.2, -0.15) is 0 Å². The lowest BCUT2D eigenvalue weighted by Gasteiger charge is -1.92. The number of aromatic nitrogens is 3. The second-order valence-electron chi connectivity index (χ2n) is 3.32. The van der Waals surface area contributed by atoms with Crippen LogP contribution in [0.5, 0.6) is 0 Å². The van der Waals surface area contributed by atoms with Gasteiger partial charge >= 0.3 is 0 Å². The monoisotopic (exact) mass is 212 g/mol. The lowest BCUT2D eigenvalue weighted by Crippen LogP contribution is -1.89. The zero-order chi connectivity index (χ0) is 11.0. The van der Waals surface area contributed by atoms with Crippen molar-refractivity contribution in [2.24, 2.45) is 0 Å². The topological polar surface area (TPSA) is 77.8 Å². The highest BCUT2D eigenvalue weighted by molar-refractivity contribution is 5.88. The first-order valence-electron chi connectivity index (χ1n) is 4.75. The van der Waals surface area contributed by atoms with E-state index < -0.39 is 0 Å². The molecule has 78 valence electrons. The SMILES string of the molecule is Nc1ncnc2oc(-c3ccncc3)cc12. The molecule has 0 aromatic carbocycles. The van der Waals surface area contributed by atoms with Gasteiger partial charge in [0.2, 0.25) is 5.71 Å². The van der Waals surface area contributed by atoms with Crippen molar-refractivity contribution in [1.82, 2.24) is 15.0 Å². The molecule has 3 heterocycles. The molecular weight excluding hydrogens is 204 g/mol. The molecule has 0 atom stereocenters. The third-order valence-electron chi connectivity index (χ3n) is 2.33. The first-order valence-corrected chi connectivity index (χ1v) is 4.75. The molecule has 0 bridgehead atoms. The standard InChI is InChI=1S/C11H8N4O/c12-10-8-5-9(7-1-3-13-4-2-7)16-11(8)15-6-14-10/h1-6H,(H2,12,14,15). The molecule has 16 heavy (non-hydrogen) atoms. The van der Waals surface area contributed by atoms with Crippen molar-refractivity contribution < 1.29 is 4.42 Å². The Morgan fingerprint density at radius 3 is 2.69 bits per heavy atom. The highest BCUT2D eigenvalue weighted by atomic mass is 16.3. The summed E-state index contributed by atoms with van der Waals surface area (Å²) >= 11 is 0. The number of nitrogens with zero attached hydrogens (tertiary/aromatic N) is 3. The number of fused-ring (bicyclic) bond motifs is 1. The smallest absolute Gasteiger partial charge is 0.231 e. The number of rotatable bonds is 1. The van der Waals surface area contributed by atoms with Crippen molar-refractivity contribution in [2.45, 2.75) is 0 Å². The molecule has 0 saturated carbocycles. The third-order valence-corrected chi connectivity index (χ3v) is 2.33. The van der Waals surface area contributed by atoms with E-state index in [0.717, 1.165) is 10.9 Å². The van der Waals surface area contributed by atoms with Crippen LogP contribution in [0, 0.1) is 0 Å². The number of pyridine rings is 1. The summed E-state index contributed by atoms with van der Waals surface area (Å²) in [5.74, 6) is 1.14. The van der Waals surface area contributed by atoms with Crippen LogP contribution >= 0.6 is 0 Å². The first kappa shape index (κ1) is 8.84. The van der Waals surface area contributed by atoms with Gasteiger partial charge in [0.05, 0.1) is 5.39 Å². The summed E-state index contributed by atoms with van der Waals surface area (Å²) in [5, 5.41) is 0.731. The van der Waals surface area contributed by atoms with Crippen molar-refractivity contribution in [3.8, 4) is 11.3 Å². The van der Waals surface area contributed by atoms with Gasteiger partial charge in [0.1, 0.15) is 17.9 Å². The first-order chi connectivity index (χ1) is 7.84. The van der Waals surface area contributed by atoms with Crippen LogP contribution in [-0.2, 0) is 0 Å². The van der Waals surface area contributed by atoms with E-state index >= 15 is 0 Å². The average molecular weight is 212 g/mol. The fourth-order valence-corrected chi connectivity index (χ4v) is 1.53. The Labute approximate surface area is 91.0 Å². The lowest BCUT2D eigenvalue weighted by atomic mass is 10.2. The largest absolute Gasteiger partial charge is 0.438 e. The van der Waals surface area contributed by atoms with Crippen LogP contribution in [0.4, 0.5) is 5.82 Å². The van der Waals surface area contributed by atoms with E-state index in [4.69, 9.17) is 10.2 Å². The Kier molecular flexibility index (Phi) is 1.83. The van der Waals surface area contributed by atoms with Crippen LogP contribution in [-0.4, -0.2) is 15.0 Å². The molecule has 5 heteroatoms. The number of furan rings is 1. The molecule has 0 radical (unpaired) electrons. The van der Waals surface area contributed by atoms with Crippen LogP contribution in [0.25, 0.3) is 22.4 Å². The third kappa shape index (κ3) is 1.30. The second kappa shape index (κ2) is 3.30. The number of nitrogen functional groups attached to an aromatic ring is 1. The number of anilines is 1. The van der Waals surface area contributed by atoms with Crippen LogP contribution < -0.4 is 5.73 Å². The van der Waals surface area contributed by atoms with Gasteiger partial charge in [-0.25, -0.2) is 9.97 Å². The van der Waals surface area contributed by atoms with Gasteiger partial charge < -0.3 is 10.2 Å². The van der Waals surface area contributed by atoms with Crippen molar-refractivity contribution in [3.63, 3.8) is 0 Å². The molecule has 0 aliphatic carbocycles. The molecule has 2 N–H and O–H groups in total. The Morgan fingerprint density at radius 2 is 1.94 bits per heavy atom. The summed E-state index contributed by atoms with van der Waals surface area (Å²) in [6, 6.07) is 5.56. The summed E-state index contributed by atoms with van der Waals surface area (Å²) in [7, 11) is 0. The highest BCUT2D eigenvalue weighted by Crippen LogP contribution is 2.27. The molecule has 0 spiro atoms. The van der Waals surface area contributed by atoms with E-state index in [0.29, 0.717) is 17.3 Å². The van der Waals surface area contributed by atoms with Crippen LogP contribution in [0.15, 0.2) is 41.3 Å². The molecule has 0 amide bonds. The maximum absolute atomic E-state index is 5.72. The number of hydrogen-bond donors (Lipinski definition) is 1. The molecule has 0 unspecified atom stereocenters. The molecule has 3 aromatic heterocycles. The predicted molar refractivity (Wildman–Crippen MR) is 59.4 cm³/mol. The van der Waals surface area contributed by atoms with E-state index in [1.54, 1.807) is 12.4 Å². The molecule has 3 aromatic rings. The minimum Gasteiger partial charge on any atom is -0.438 e. The number of hydrogen-bond acceptors (Lipinski definition) is 5. The van der Waals surface area contributed by atoms with Crippen molar-refractivity contribution in [1.29, 1.82) is 0 Å². The van der Waals surface area contributed by atoms with Gasteiger partial charge in [0.15, 0.2) is 0 Å². The maximum atomic E-state index is 5.72. The summed E-state index contributed by atoms with van der Waals surface area (Å²) in [6.45, 7) is 0. The summed E-state index contributed by atoms with van der Waals surface area (Å²) in [6.07, 6.45) is 4.80.